The van der Waals surface area contributed by atoms with Gasteiger partial charge in [-0.25, -0.2) is 4.39 Å². The van der Waals surface area contributed by atoms with Crippen molar-refractivity contribution < 1.29 is 14.3 Å². The predicted molar refractivity (Wildman–Crippen MR) is 62.8 cm³/mol. The van der Waals surface area contributed by atoms with Crippen LogP contribution < -0.4 is 11.1 Å². The summed E-state index contributed by atoms with van der Waals surface area (Å²) in [6.07, 6.45) is 0.310. The first-order valence-corrected chi connectivity index (χ1v) is 5.38. The van der Waals surface area contributed by atoms with Crippen molar-refractivity contribution in [2.75, 3.05) is 13.2 Å². The van der Waals surface area contributed by atoms with Crippen LogP contribution in [0, 0.1) is 5.82 Å². The number of amides is 1. The van der Waals surface area contributed by atoms with E-state index in [0.29, 0.717) is 6.42 Å². The van der Waals surface area contributed by atoms with Gasteiger partial charge in [0.1, 0.15) is 5.82 Å². The van der Waals surface area contributed by atoms with Gasteiger partial charge in [0.15, 0.2) is 0 Å². The molecule has 17 heavy (non-hydrogen) atoms. The van der Waals surface area contributed by atoms with E-state index in [-0.39, 0.29) is 24.9 Å². The summed E-state index contributed by atoms with van der Waals surface area (Å²) in [5, 5.41) is 11.1. The molecule has 0 aromatic heterocycles. The molecule has 1 rings (SSSR count). The van der Waals surface area contributed by atoms with E-state index in [1.165, 1.54) is 12.1 Å². The number of aliphatic hydroxyl groups excluding tert-OH is 1. The molecule has 0 fully saturated rings. The summed E-state index contributed by atoms with van der Waals surface area (Å²) in [6.45, 7) is 1.65. The molecule has 0 saturated carbocycles. The van der Waals surface area contributed by atoms with Gasteiger partial charge in [-0.2, -0.15) is 0 Å². The number of hydrogen-bond acceptors (Lipinski definition) is 3. The first-order valence-electron chi connectivity index (χ1n) is 5.38. The monoisotopic (exact) mass is 240 g/mol. The van der Waals surface area contributed by atoms with Crippen molar-refractivity contribution >= 4 is 5.91 Å². The van der Waals surface area contributed by atoms with Crippen LogP contribution in [-0.4, -0.2) is 29.7 Å². The number of halogens is 1. The van der Waals surface area contributed by atoms with E-state index in [4.69, 9.17) is 10.8 Å². The molecule has 5 heteroatoms. The fraction of sp³-hybridized carbons (Fsp3) is 0.417. The second-order valence-electron chi connectivity index (χ2n) is 4.20. The van der Waals surface area contributed by atoms with Crippen LogP contribution in [0.4, 0.5) is 4.39 Å². The van der Waals surface area contributed by atoms with E-state index >= 15 is 0 Å². The number of hydrogen-bond donors (Lipinski definition) is 3. The van der Waals surface area contributed by atoms with Crippen molar-refractivity contribution in [3.05, 3.63) is 35.6 Å². The number of nitrogens with one attached hydrogen (secondary N) is 1. The Hall–Kier alpha value is -1.46. The number of benzene rings is 1. The highest BCUT2D eigenvalue weighted by Gasteiger charge is 2.28. The van der Waals surface area contributed by atoms with Gasteiger partial charge in [0, 0.05) is 6.54 Å². The standard InChI is InChI=1S/C12H17FN2O2/c1-12(14,11(17)15-6-7-16)8-9-2-4-10(13)5-3-9/h2-5,16H,6-8,14H2,1H3,(H,15,17)/t12-/m1/s1. The van der Waals surface area contributed by atoms with E-state index in [9.17, 15) is 9.18 Å². The molecule has 0 aliphatic heterocycles. The normalized spacial score (nSPS) is 14.1. The molecule has 1 atom stereocenters. The van der Waals surface area contributed by atoms with Crippen molar-refractivity contribution in [2.24, 2.45) is 5.73 Å². The Kier molecular flexibility index (Phi) is 4.60. The highest BCUT2D eigenvalue weighted by Crippen LogP contribution is 2.11. The average molecular weight is 240 g/mol. The molecule has 0 aliphatic rings. The van der Waals surface area contributed by atoms with Crippen LogP contribution in [-0.2, 0) is 11.2 Å². The smallest absolute Gasteiger partial charge is 0.240 e. The maximum absolute atomic E-state index is 12.7. The molecule has 1 aromatic rings. The summed E-state index contributed by atoms with van der Waals surface area (Å²) in [5.74, 6) is -0.659. The predicted octanol–water partition coefficient (Wildman–Crippen LogP) is 0.194. The van der Waals surface area contributed by atoms with Gasteiger partial charge in [0.25, 0.3) is 0 Å². The number of carbonyl (C=O) groups is 1. The van der Waals surface area contributed by atoms with Gasteiger partial charge in [0.2, 0.25) is 5.91 Å². The molecule has 0 aliphatic carbocycles. The van der Waals surface area contributed by atoms with Crippen LogP contribution >= 0.6 is 0 Å². The van der Waals surface area contributed by atoms with Gasteiger partial charge < -0.3 is 16.2 Å². The second kappa shape index (κ2) is 5.75. The fourth-order valence-electron chi connectivity index (χ4n) is 1.48. The van der Waals surface area contributed by atoms with E-state index in [1.807, 2.05) is 0 Å². The SMILES string of the molecule is C[C@@](N)(Cc1ccc(F)cc1)C(=O)NCCO. The van der Waals surface area contributed by atoms with E-state index in [0.717, 1.165) is 5.56 Å². The van der Waals surface area contributed by atoms with Crippen LogP contribution in [0.25, 0.3) is 0 Å². The Balaban J connectivity index is 2.65. The minimum absolute atomic E-state index is 0.127. The van der Waals surface area contributed by atoms with Gasteiger partial charge in [-0.05, 0) is 31.0 Å². The van der Waals surface area contributed by atoms with Gasteiger partial charge >= 0.3 is 0 Å². The fourth-order valence-corrected chi connectivity index (χ4v) is 1.48. The first-order chi connectivity index (χ1) is 7.95. The Morgan fingerprint density at radius 2 is 2.06 bits per heavy atom. The van der Waals surface area contributed by atoms with Crippen LogP contribution in [0.15, 0.2) is 24.3 Å². The van der Waals surface area contributed by atoms with Crippen molar-refractivity contribution in [3.63, 3.8) is 0 Å². The first kappa shape index (κ1) is 13.6. The van der Waals surface area contributed by atoms with Crippen molar-refractivity contribution in [1.29, 1.82) is 0 Å². The topological polar surface area (TPSA) is 75.4 Å². The molecule has 4 nitrogen and oxygen atoms in total. The summed E-state index contributed by atoms with van der Waals surface area (Å²) in [4.78, 5) is 11.7. The van der Waals surface area contributed by atoms with Crippen molar-refractivity contribution in [2.45, 2.75) is 18.9 Å². The molecule has 0 unspecified atom stereocenters. The molecule has 0 saturated heterocycles. The molecular weight excluding hydrogens is 223 g/mol. The summed E-state index contributed by atoms with van der Waals surface area (Å²) in [7, 11) is 0. The van der Waals surface area contributed by atoms with Gasteiger partial charge in [0.05, 0.1) is 12.1 Å². The number of carbonyl (C=O) groups excluding carboxylic acids is 1. The van der Waals surface area contributed by atoms with E-state index in [1.54, 1.807) is 19.1 Å². The van der Waals surface area contributed by atoms with Crippen LogP contribution in [0.2, 0.25) is 0 Å². The molecule has 0 bridgehead atoms. The average Bonchev–Trinajstić information content (AvgIpc) is 2.28. The third kappa shape index (κ3) is 4.13. The highest BCUT2D eigenvalue weighted by atomic mass is 19.1. The lowest BCUT2D eigenvalue weighted by atomic mass is 9.93. The van der Waals surface area contributed by atoms with E-state index in [2.05, 4.69) is 5.32 Å². The molecular formula is C12H17FN2O2. The third-order valence-electron chi connectivity index (χ3n) is 2.40. The van der Waals surface area contributed by atoms with Crippen LogP contribution in [0.3, 0.4) is 0 Å². The van der Waals surface area contributed by atoms with Gasteiger partial charge in [-0.1, -0.05) is 12.1 Å². The Morgan fingerprint density at radius 1 is 1.47 bits per heavy atom. The summed E-state index contributed by atoms with van der Waals surface area (Å²) >= 11 is 0. The lowest BCUT2D eigenvalue weighted by molar-refractivity contribution is -0.125. The maximum Gasteiger partial charge on any atom is 0.240 e. The zero-order chi connectivity index (χ0) is 12.9. The van der Waals surface area contributed by atoms with E-state index < -0.39 is 5.54 Å². The van der Waals surface area contributed by atoms with Crippen molar-refractivity contribution in [1.82, 2.24) is 5.32 Å². The third-order valence-corrected chi connectivity index (χ3v) is 2.40. The molecule has 4 N–H and O–H groups in total. The number of aliphatic hydroxyl groups is 1. The largest absolute Gasteiger partial charge is 0.395 e. The Bertz CT molecular complexity index is 377. The summed E-state index contributed by atoms with van der Waals surface area (Å²) in [6, 6.07) is 5.85. The van der Waals surface area contributed by atoms with Gasteiger partial charge in [-0.15, -0.1) is 0 Å². The number of nitrogens with two attached hydrogens (primary N) is 1. The zero-order valence-corrected chi connectivity index (χ0v) is 9.74. The summed E-state index contributed by atoms with van der Waals surface area (Å²) in [5.41, 5.74) is 5.59. The Labute approximate surface area is 99.6 Å². The molecule has 0 radical (unpaired) electrons. The number of rotatable bonds is 5. The lowest BCUT2D eigenvalue weighted by Gasteiger charge is -2.23. The quantitative estimate of drug-likeness (QED) is 0.688. The summed E-state index contributed by atoms with van der Waals surface area (Å²) < 4.78 is 12.7. The lowest BCUT2D eigenvalue weighted by Crippen LogP contribution is -2.53. The van der Waals surface area contributed by atoms with Crippen LogP contribution in [0.5, 0.6) is 0 Å². The Morgan fingerprint density at radius 3 is 2.59 bits per heavy atom. The van der Waals surface area contributed by atoms with Crippen molar-refractivity contribution in [3.8, 4) is 0 Å². The minimum Gasteiger partial charge on any atom is -0.395 e. The highest BCUT2D eigenvalue weighted by molar-refractivity contribution is 5.85. The molecule has 1 aromatic carbocycles. The molecule has 0 spiro atoms. The molecule has 94 valence electrons. The van der Waals surface area contributed by atoms with Crippen LogP contribution in [0.1, 0.15) is 12.5 Å². The second-order valence-corrected chi connectivity index (χ2v) is 4.20. The van der Waals surface area contributed by atoms with Gasteiger partial charge in [-0.3, -0.25) is 4.79 Å². The maximum atomic E-state index is 12.7. The zero-order valence-electron chi connectivity index (χ0n) is 9.74. The molecule has 1 amide bonds. The minimum atomic E-state index is -1.08. The molecule has 0 heterocycles.